The van der Waals surface area contributed by atoms with Gasteiger partial charge in [0.15, 0.2) is 0 Å². The molecule has 0 unspecified atom stereocenters. The number of aromatic nitrogens is 2. The number of amides is 1. The average Bonchev–Trinajstić information content (AvgIpc) is 2.33. The Kier molecular flexibility index (Phi) is 4.80. The fourth-order valence-corrected chi connectivity index (χ4v) is 1.53. The van der Waals surface area contributed by atoms with Crippen LogP contribution in [-0.4, -0.2) is 40.0 Å². The molecule has 0 saturated heterocycles. The van der Waals surface area contributed by atoms with Gasteiger partial charge >= 0.3 is 5.97 Å². The van der Waals surface area contributed by atoms with Crippen molar-refractivity contribution in [2.75, 3.05) is 12.4 Å². The van der Waals surface area contributed by atoms with Crippen LogP contribution in [0, 0.1) is 12.8 Å². The lowest BCUT2D eigenvalue weighted by atomic mass is 10.0. The molecular formula is C12H18N4O3. The summed E-state index contributed by atoms with van der Waals surface area (Å²) in [7, 11) is 1.64. The lowest BCUT2D eigenvalue weighted by molar-refractivity contribution is -0.140. The number of aliphatic carboxylic acids is 1. The van der Waals surface area contributed by atoms with Gasteiger partial charge in [-0.2, -0.15) is 0 Å². The third-order valence-electron chi connectivity index (χ3n) is 2.53. The summed E-state index contributed by atoms with van der Waals surface area (Å²) < 4.78 is 0. The van der Waals surface area contributed by atoms with Crippen molar-refractivity contribution >= 4 is 17.8 Å². The first kappa shape index (κ1) is 14.9. The molecule has 1 rings (SSSR count). The van der Waals surface area contributed by atoms with Gasteiger partial charge in [0.2, 0.25) is 5.95 Å². The van der Waals surface area contributed by atoms with Crippen LogP contribution in [-0.2, 0) is 4.79 Å². The first-order chi connectivity index (χ1) is 8.85. The van der Waals surface area contributed by atoms with E-state index in [0.717, 1.165) is 0 Å². The summed E-state index contributed by atoms with van der Waals surface area (Å²) in [5.74, 6) is -1.49. The Hall–Kier alpha value is -2.18. The van der Waals surface area contributed by atoms with Crippen molar-refractivity contribution in [3.05, 3.63) is 17.5 Å². The Bertz CT molecular complexity index is 488. The number of rotatable bonds is 5. The molecule has 104 valence electrons. The van der Waals surface area contributed by atoms with E-state index in [1.807, 2.05) is 0 Å². The number of anilines is 1. The highest BCUT2D eigenvalue weighted by Crippen LogP contribution is 2.07. The van der Waals surface area contributed by atoms with Gasteiger partial charge in [-0.25, -0.2) is 14.8 Å². The number of hydrogen-bond acceptors (Lipinski definition) is 5. The van der Waals surface area contributed by atoms with E-state index in [2.05, 4.69) is 20.6 Å². The molecule has 0 spiro atoms. The van der Waals surface area contributed by atoms with Crippen molar-refractivity contribution in [2.45, 2.75) is 26.8 Å². The van der Waals surface area contributed by atoms with Gasteiger partial charge in [0.1, 0.15) is 11.7 Å². The van der Waals surface area contributed by atoms with E-state index in [9.17, 15) is 9.59 Å². The number of carbonyl (C=O) groups is 2. The fraction of sp³-hybridized carbons (Fsp3) is 0.500. The molecule has 0 radical (unpaired) electrons. The normalized spacial score (nSPS) is 12.1. The van der Waals surface area contributed by atoms with Gasteiger partial charge in [0, 0.05) is 12.7 Å². The molecule has 7 nitrogen and oxygen atoms in total. The van der Waals surface area contributed by atoms with Crippen molar-refractivity contribution in [1.29, 1.82) is 0 Å². The first-order valence-corrected chi connectivity index (χ1v) is 5.92. The minimum Gasteiger partial charge on any atom is -0.480 e. The Morgan fingerprint density at radius 1 is 1.32 bits per heavy atom. The Balaban J connectivity index is 2.94. The van der Waals surface area contributed by atoms with Gasteiger partial charge in [-0.3, -0.25) is 4.79 Å². The van der Waals surface area contributed by atoms with Gasteiger partial charge < -0.3 is 15.7 Å². The largest absolute Gasteiger partial charge is 0.480 e. The number of nitrogens with one attached hydrogen (secondary N) is 2. The molecule has 0 aliphatic carbocycles. The summed E-state index contributed by atoms with van der Waals surface area (Å²) in [6.07, 6.45) is 0. The van der Waals surface area contributed by atoms with Crippen LogP contribution >= 0.6 is 0 Å². The second-order valence-electron chi connectivity index (χ2n) is 4.50. The molecule has 1 aromatic heterocycles. The molecule has 0 aliphatic rings. The van der Waals surface area contributed by atoms with Gasteiger partial charge in [-0.05, 0) is 18.9 Å². The zero-order valence-electron chi connectivity index (χ0n) is 11.4. The van der Waals surface area contributed by atoms with Crippen molar-refractivity contribution in [3.8, 4) is 0 Å². The highest BCUT2D eigenvalue weighted by atomic mass is 16.4. The van der Waals surface area contributed by atoms with E-state index in [1.54, 1.807) is 27.8 Å². The molecule has 7 heteroatoms. The molecule has 0 fully saturated rings. The third-order valence-corrected chi connectivity index (χ3v) is 2.53. The second kappa shape index (κ2) is 6.12. The predicted molar refractivity (Wildman–Crippen MR) is 70.0 cm³/mol. The van der Waals surface area contributed by atoms with Crippen LogP contribution < -0.4 is 10.6 Å². The molecule has 1 amide bonds. The van der Waals surface area contributed by atoms with Crippen LogP contribution in [0.15, 0.2) is 6.07 Å². The standard InChI is InChI=1S/C12H18N4O3/c1-6(2)9(11(18)19)16-10(17)8-5-7(3)14-12(13-4)15-8/h5-6,9H,1-4H3,(H,16,17)(H,18,19)(H,13,14,15)/t9-/m1/s1. The molecule has 0 aliphatic heterocycles. The summed E-state index contributed by atoms with van der Waals surface area (Å²) >= 11 is 0. The highest BCUT2D eigenvalue weighted by Gasteiger charge is 2.24. The van der Waals surface area contributed by atoms with Gasteiger partial charge in [-0.1, -0.05) is 13.8 Å². The maximum atomic E-state index is 12.0. The Labute approximate surface area is 111 Å². The number of carboxylic acid groups (broad SMARTS) is 1. The van der Waals surface area contributed by atoms with Gasteiger partial charge in [-0.15, -0.1) is 0 Å². The molecule has 19 heavy (non-hydrogen) atoms. The first-order valence-electron chi connectivity index (χ1n) is 5.92. The summed E-state index contributed by atoms with van der Waals surface area (Å²) in [5, 5.41) is 14.2. The number of nitrogens with zero attached hydrogens (tertiary/aromatic N) is 2. The SMILES string of the molecule is CNc1nc(C)cc(C(=O)N[C@@H](C(=O)O)C(C)C)n1. The molecule has 0 saturated carbocycles. The van der Waals surface area contributed by atoms with E-state index >= 15 is 0 Å². The van der Waals surface area contributed by atoms with E-state index in [-0.39, 0.29) is 11.6 Å². The molecule has 0 aromatic carbocycles. The van der Waals surface area contributed by atoms with E-state index < -0.39 is 17.9 Å². The monoisotopic (exact) mass is 266 g/mol. The maximum absolute atomic E-state index is 12.0. The molecule has 1 aromatic rings. The van der Waals surface area contributed by atoms with E-state index in [4.69, 9.17) is 5.11 Å². The van der Waals surface area contributed by atoms with Crippen LogP contribution in [0.2, 0.25) is 0 Å². The van der Waals surface area contributed by atoms with Crippen molar-refractivity contribution < 1.29 is 14.7 Å². The summed E-state index contributed by atoms with van der Waals surface area (Å²) in [6.45, 7) is 5.18. The smallest absolute Gasteiger partial charge is 0.326 e. The van der Waals surface area contributed by atoms with Crippen molar-refractivity contribution in [2.24, 2.45) is 5.92 Å². The molecule has 0 bridgehead atoms. The molecular weight excluding hydrogens is 248 g/mol. The lowest BCUT2D eigenvalue weighted by Gasteiger charge is -2.17. The van der Waals surface area contributed by atoms with E-state index in [1.165, 1.54) is 6.07 Å². The van der Waals surface area contributed by atoms with Crippen LogP contribution in [0.4, 0.5) is 5.95 Å². The summed E-state index contributed by atoms with van der Waals surface area (Å²) in [5.41, 5.74) is 0.768. The number of carboxylic acids is 1. The lowest BCUT2D eigenvalue weighted by Crippen LogP contribution is -2.44. The maximum Gasteiger partial charge on any atom is 0.326 e. The topological polar surface area (TPSA) is 104 Å². The number of hydrogen-bond donors (Lipinski definition) is 3. The molecule has 3 N–H and O–H groups in total. The molecule has 1 atom stereocenters. The zero-order chi connectivity index (χ0) is 14.6. The van der Waals surface area contributed by atoms with Gasteiger partial charge in [0.25, 0.3) is 5.91 Å². The summed E-state index contributed by atoms with van der Waals surface area (Å²) in [4.78, 5) is 31.1. The van der Waals surface area contributed by atoms with Crippen LogP contribution in [0.25, 0.3) is 0 Å². The predicted octanol–water partition coefficient (Wildman–Crippen LogP) is 0.666. The van der Waals surface area contributed by atoms with Crippen molar-refractivity contribution in [3.63, 3.8) is 0 Å². The van der Waals surface area contributed by atoms with Crippen molar-refractivity contribution in [1.82, 2.24) is 15.3 Å². The van der Waals surface area contributed by atoms with E-state index in [0.29, 0.717) is 11.6 Å². The fourth-order valence-electron chi connectivity index (χ4n) is 1.53. The van der Waals surface area contributed by atoms with Crippen LogP contribution in [0.3, 0.4) is 0 Å². The Morgan fingerprint density at radius 2 is 1.95 bits per heavy atom. The number of aryl methyl sites for hydroxylation is 1. The summed E-state index contributed by atoms with van der Waals surface area (Å²) in [6, 6.07) is 0.566. The van der Waals surface area contributed by atoms with Crippen LogP contribution in [0.5, 0.6) is 0 Å². The molecule has 1 heterocycles. The third kappa shape index (κ3) is 3.90. The number of carbonyl (C=O) groups excluding carboxylic acids is 1. The quantitative estimate of drug-likeness (QED) is 0.723. The minimum absolute atomic E-state index is 0.142. The highest BCUT2D eigenvalue weighted by molar-refractivity contribution is 5.95. The minimum atomic E-state index is -1.07. The second-order valence-corrected chi connectivity index (χ2v) is 4.50. The van der Waals surface area contributed by atoms with Gasteiger partial charge in [0.05, 0.1) is 0 Å². The average molecular weight is 266 g/mol. The van der Waals surface area contributed by atoms with Crippen LogP contribution in [0.1, 0.15) is 30.0 Å². The Morgan fingerprint density at radius 3 is 2.42 bits per heavy atom. The zero-order valence-corrected chi connectivity index (χ0v) is 11.4.